The van der Waals surface area contributed by atoms with Gasteiger partial charge in [-0.2, -0.15) is 0 Å². The maximum atomic E-state index is 11.5. The van der Waals surface area contributed by atoms with Crippen LogP contribution in [0, 0.1) is 22.7 Å². The van der Waals surface area contributed by atoms with Crippen molar-refractivity contribution in [1.82, 2.24) is 0 Å². The van der Waals surface area contributed by atoms with E-state index in [1.807, 2.05) is 0 Å². The molecule has 2 aliphatic rings. The maximum absolute atomic E-state index is 11.5. The minimum absolute atomic E-state index is 0.154. The van der Waals surface area contributed by atoms with E-state index in [1.54, 1.807) is 0 Å². The second kappa shape index (κ2) is 1.55. The third-order valence-electron chi connectivity index (χ3n) is 3.95. The maximum Gasteiger partial charge on any atom is 0.147 e. The molecule has 2 rings (SSSR count). The lowest BCUT2D eigenvalue weighted by molar-refractivity contribution is -0.118. The number of ketones is 1. The fourth-order valence-corrected chi connectivity index (χ4v) is 2.94. The Morgan fingerprint density at radius 2 is 1.45 bits per heavy atom. The van der Waals surface area contributed by atoms with Crippen molar-refractivity contribution in [2.24, 2.45) is 22.7 Å². The molecule has 0 aromatic rings. The van der Waals surface area contributed by atoms with Crippen molar-refractivity contribution >= 4 is 5.78 Å². The van der Waals surface area contributed by atoms with E-state index < -0.39 is 0 Å². The van der Waals surface area contributed by atoms with Gasteiger partial charge < -0.3 is 0 Å². The van der Waals surface area contributed by atoms with Gasteiger partial charge in [-0.15, -0.1) is 0 Å². The van der Waals surface area contributed by atoms with Crippen LogP contribution < -0.4 is 0 Å². The van der Waals surface area contributed by atoms with E-state index >= 15 is 0 Å². The Bertz CT molecular complexity index is 207. The first-order chi connectivity index (χ1) is 5.00. The van der Waals surface area contributed by atoms with Gasteiger partial charge in [0.2, 0.25) is 0 Å². The molecule has 0 amide bonds. The molecule has 0 aliphatic heterocycles. The lowest BCUT2D eigenvalue weighted by Crippen LogP contribution is -2.07. The molecule has 0 N–H and O–H groups in total. The van der Waals surface area contributed by atoms with Crippen molar-refractivity contribution < 1.29 is 4.79 Å². The second-order valence-corrected chi connectivity index (χ2v) is 4.76. The number of fused-ring (bicyclic) bond motifs is 1. The van der Waals surface area contributed by atoms with E-state index in [0.717, 1.165) is 0 Å². The Balaban J connectivity index is 2.23. The Labute approximate surface area is 68.2 Å². The predicted octanol–water partition coefficient (Wildman–Crippen LogP) is 2.26. The van der Waals surface area contributed by atoms with Gasteiger partial charge in [0.15, 0.2) is 0 Å². The molecule has 0 aromatic carbocycles. The first-order valence-electron chi connectivity index (χ1n) is 4.55. The number of hydrogen-bond donors (Lipinski definition) is 0. The monoisotopic (exact) mass is 152 g/mol. The number of carbonyl (C=O) groups excluding carboxylic acids is 1. The van der Waals surface area contributed by atoms with Crippen molar-refractivity contribution in [3.8, 4) is 0 Å². The SMILES string of the molecule is CC(C)C12CC1(C(C)C)C2=O. The Morgan fingerprint density at radius 3 is 1.55 bits per heavy atom. The van der Waals surface area contributed by atoms with Crippen LogP contribution >= 0.6 is 0 Å². The van der Waals surface area contributed by atoms with Crippen LogP contribution in [0.25, 0.3) is 0 Å². The highest BCUT2D eigenvalue weighted by Gasteiger charge is 2.93. The second-order valence-electron chi connectivity index (χ2n) is 4.76. The topological polar surface area (TPSA) is 17.1 Å². The highest BCUT2D eigenvalue weighted by atomic mass is 16.2. The number of rotatable bonds is 2. The third kappa shape index (κ3) is 0.473. The van der Waals surface area contributed by atoms with Crippen molar-refractivity contribution in [2.75, 3.05) is 0 Å². The molecule has 2 unspecified atom stereocenters. The number of hydrogen-bond acceptors (Lipinski definition) is 1. The van der Waals surface area contributed by atoms with Crippen molar-refractivity contribution in [1.29, 1.82) is 0 Å². The summed E-state index contributed by atoms with van der Waals surface area (Å²) in [6.45, 7) is 8.70. The molecule has 0 radical (unpaired) electrons. The average molecular weight is 152 g/mol. The lowest BCUT2D eigenvalue weighted by atomic mass is 10.00. The Kier molecular flexibility index (Phi) is 1.03. The molecule has 2 atom stereocenters. The van der Waals surface area contributed by atoms with Crippen LogP contribution in [0.3, 0.4) is 0 Å². The van der Waals surface area contributed by atoms with Gasteiger partial charge >= 0.3 is 0 Å². The molecule has 62 valence electrons. The van der Waals surface area contributed by atoms with Crippen LogP contribution in [0.1, 0.15) is 34.1 Å². The summed E-state index contributed by atoms with van der Waals surface area (Å²) in [4.78, 5) is 11.5. The van der Waals surface area contributed by atoms with E-state index in [-0.39, 0.29) is 10.8 Å². The van der Waals surface area contributed by atoms with Gasteiger partial charge in [0.25, 0.3) is 0 Å². The van der Waals surface area contributed by atoms with E-state index in [0.29, 0.717) is 17.6 Å². The van der Waals surface area contributed by atoms with Crippen molar-refractivity contribution in [3.63, 3.8) is 0 Å². The smallest absolute Gasteiger partial charge is 0.147 e. The molecular weight excluding hydrogens is 136 g/mol. The summed E-state index contributed by atoms with van der Waals surface area (Å²) in [5.74, 6) is 1.68. The zero-order chi connectivity index (χ0) is 8.44. The molecule has 0 aromatic heterocycles. The van der Waals surface area contributed by atoms with Crippen LogP contribution in [0.2, 0.25) is 0 Å². The molecule has 1 nitrogen and oxygen atoms in total. The third-order valence-corrected chi connectivity index (χ3v) is 3.95. The molecule has 2 aliphatic carbocycles. The Hall–Kier alpha value is -0.330. The molecule has 0 heterocycles. The summed E-state index contributed by atoms with van der Waals surface area (Å²) in [7, 11) is 0. The Morgan fingerprint density at radius 1 is 1.09 bits per heavy atom. The van der Waals surface area contributed by atoms with Gasteiger partial charge in [-0.25, -0.2) is 0 Å². The molecule has 1 heteroatoms. The summed E-state index contributed by atoms with van der Waals surface area (Å²) in [6.07, 6.45) is 1.17. The molecule has 11 heavy (non-hydrogen) atoms. The lowest BCUT2D eigenvalue weighted by Gasteiger charge is -2.03. The van der Waals surface area contributed by atoms with E-state index in [9.17, 15) is 4.79 Å². The number of carbonyl (C=O) groups is 1. The van der Waals surface area contributed by atoms with E-state index in [4.69, 9.17) is 0 Å². The fraction of sp³-hybridized carbons (Fsp3) is 0.900. The van der Waals surface area contributed by atoms with E-state index in [1.165, 1.54) is 6.42 Å². The fourth-order valence-electron chi connectivity index (χ4n) is 2.94. The summed E-state index contributed by atoms with van der Waals surface area (Å²) in [5.41, 5.74) is 0.308. The van der Waals surface area contributed by atoms with Crippen molar-refractivity contribution in [3.05, 3.63) is 0 Å². The van der Waals surface area contributed by atoms with Gasteiger partial charge in [-0.05, 0) is 18.3 Å². The average Bonchev–Trinajstić information content (AvgIpc) is 2.69. The molecule has 0 spiro atoms. The molecule has 2 saturated carbocycles. The van der Waals surface area contributed by atoms with E-state index in [2.05, 4.69) is 27.7 Å². The zero-order valence-corrected chi connectivity index (χ0v) is 7.77. The zero-order valence-electron chi connectivity index (χ0n) is 7.77. The summed E-state index contributed by atoms with van der Waals surface area (Å²) >= 11 is 0. The van der Waals surface area contributed by atoms with Gasteiger partial charge in [-0.1, -0.05) is 27.7 Å². The quantitative estimate of drug-likeness (QED) is 0.593. The molecule has 0 saturated heterocycles. The van der Waals surface area contributed by atoms with Gasteiger partial charge in [-0.3, -0.25) is 4.79 Å². The first kappa shape index (κ1) is 7.33. The summed E-state index contributed by atoms with van der Waals surface area (Å²) in [5, 5.41) is 0. The van der Waals surface area contributed by atoms with Crippen LogP contribution in [0.5, 0.6) is 0 Å². The van der Waals surface area contributed by atoms with Gasteiger partial charge in [0, 0.05) is 10.8 Å². The molecule has 0 bridgehead atoms. The number of Topliss-reactive ketones (excluding diaryl/α,β-unsaturated/α-hetero) is 1. The van der Waals surface area contributed by atoms with Crippen LogP contribution in [-0.2, 0) is 4.79 Å². The van der Waals surface area contributed by atoms with Crippen LogP contribution in [0.4, 0.5) is 0 Å². The summed E-state index contributed by atoms with van der Waals surface area (Å²) < 4.78 is 0. The first-order valence-corrected chi connectivity index (χ1v) is 4.55. The minimum Gasteiger partial charge on any atom is -0.298 e. The highest BCUT2D eigenvalue weighted by molar-refractivity contribution is 6.16. The molecule has 2 fully saturated rings. The normalized spacial score (nSPS) is 46.5. The predicted molar refractivity (Wildman–Crippen MR) is 44.2 cm³/mol. The van der Waals surface area contributed by atoms with Crippen molar-refractivity contribution in [2.45, 2.75) is 34.1 Å². The van der Waals surface area contributed by atoms with Gasteiger partial charge in [0.05, 0.1) is 0 Å². The largest absolute Gasteiger partial charge is 0.298 e. The standard InChI is InChI=1S/C10H16O/c1-6(2)9-5-10(9,7(3)4)8(9)11/h6-7H,5H2,1-4H3. The highest BCUT2D eigenvalue weighted by Crippen LogP contribution is 2.87. The minimum atomic E-state index is 0.154. The van der Waals surface area contributed by atoms with Crippen LogP contribution in [0.15, 0.2) is 0 Å². The van der Waals surface area contributed by atoms with Crippen LogP contribution in [-0.4, -0.2) is 5.78 Å². The van der Waals surface area contributed by atoms with Gasteiger partial charge in [0.1, 0.15) is 5.78 Å². The molecular formula is C10H16O. The summed E-state index contributed by atoms with van der Waals surface area (Å²) in [6, 6.07) is 0.